The number of rotatable bonds is 8. The number of carbonyl (C=O) groups is 4. The van der Waals surface area contributed by atoms with E-state index in [1.165, 1.54) is 0 Å². The van der Waals surface area contributed by atoms with Crippen LogP contribution in [0.4, 0.5) is 0 Å². The molecule has 9 nitrogen and oxygen atoms in total. The number of hydrogen-bond acceptors (Lipinski definition) is 7. The second kappa shape index (κ2) is 14.3. The Morgan fingerprint density at radius 1 is 1.08 bits per heavy atom. The fraction of sp³-hybridized carbons (Fsp3) is 0.600. The number of aliphatic hydroxyl groups excluding tert-OH is 1. The molecule has 1 aromatic carbocycles. The zero-order valence-electron chi connectivity index (χ0n) is 23.3. The van der Waals surface area contributed by atoms with Crippen molar-refractivity contribution in [2.45, 2.75) is 77.5 Å². The Morgan fingerprint density at radius 3 is 2.44 bits per heavy atom. The molecule has 39 heavy (non-hydrogen) atoms. The van der Waals surface area contributed by atoms with E-state index in [0.717, 1.165) is 12.0 Å². The van der Waals surface area contributed by atoms with Gasteiger partial charge in [0.15, 0.2) is 0 Å². The average Bonchev–Trinajstić information content (AvgIpc) is 3.35. The van der Waals surface area contributed by atoms with Gasteiger partial charge in [-0.15, -0.1) is 0 Å². The summed E-state index contributed by atoms with van der Waals surface area (Å²) in [4.78, 5) is 55.6. The molecule has 0 aliphatic carbocycles. The second-order valence-electron chi connectivity index (χ2n) is 11.3. The van der Waals surface area contributed by atoms with Crippen LogP contribution in [0.15, 0.2) is 42.5 Å². The first-order chi connectivity index (χ1) is 18.6. The molecule has 3 rings (SSSR count). The number of allylic oxidation sites excluding steroid dienone is 2. The standard InChI is InChI=1S/C30H42N2O7/c1-30(2,3)39-27(35)19-24-13-8-7-12-23(28(36)32-15-9-14-25(32)21-38-29(24)37)18-26(34)31(16-17-33)20-22-10-5-4-6-11-22/h4-8,10-11,23-25,33H,9,12-21H2,1-3H3/b8-7+/t23-,24+,25-/m1/s1. The summed E-state index contributed by atoms with van der Waals surface area (Å²) >= 11 is 0. The third-order valence-corrected chi connectivity index (χ3v) is 6.96. The number of hydrogen-bond donors (Lipinski definition) is 1. The Labute approximate surface area is 231 Å². The lowest BCUT2D eigenvalue weighted by molar-refractivity contribution is -0.162. The molecular formula is C30H42N2O7. The summed E-state index contributed by atoms with van der Waals surface area (Å²) in [5.74, 6) is -2.53. The predicted octanol–water partition coefficient (Wildman–Crippen LogP) is 3.25. The highest BCUT2D eigenvalue weighted by atomic mass is 16.6. The molecule has 2 amide bonds. The number of amides is 2. The third kappa shape index (κ3) is 9.49. The summed E-state index contributed by atoms with van der Waals surface area (Å²) in [6.45, 7) is 6.29. The van der Waals surface area contributed by atoms with E-state index in [1.54, 1.807) is 36.6 Å². The Bertz CT molecular complexity index is 1020. The third-order valence-electron chi connectivity index (χ3n) is 6.96. The SMILES string of the molecule is CC(C)(C)OC(=O)C[C@@H]1C/C=C/C[C@H](CC(=O)N(CCO)Cc2ccccc2)C(=O)N2CCC[C@@H]2COC1=O. The van der Waals surface area contributed by atoms with Gasteiger partial charge in [-0.3, -0.25) is 19.2 Å². The van der Waals surface area contributed by atoms with Gasteiger partial charge in [0.05, 0.1) is 30.9 Å². The Hall–Kier alpha value is -3.20. The topological polar surface area (TPSA) is 113 Å². The molecule has 0 bridgehead atoms. The van der Waals surface area contributed by atoms with E-state index in [1.807, 2.05) is 36.4 Å². The van der Waals surface area contributed by atoms with Crippen molar-refractivity contribution in [1.82, 2.24) is 9.80 Å². The molecule has 2 aliphatic heterocycles. The predicted molar refractivity (Wildman–Crippen MR) is 145 cm³/mol. The van der Waals surface area contributed by atoms with Crippen LogP contribution in [0.3, 0.4) is 0 Å². The number of aliphatic hydroxyl groups is 1. The maximum absolute atomic E-state index is 13.6. The first kappa shape index (κ1) is 30.3. The summed E-state index contributed by atoms with van der Waals surface area (Å²) in [5, 5.41) is 9.57. The molecule has 0 unspecified atom stereocenters. The minimum Gasteiger partial charge on any atom is -0.463 e. The van der Waals surface area contributed by atoms with Gasteiger partial charge in [0.1, 0.15) is 12.2 Å². The van der Waals surface area contributed by atoms with E-state index in [9.17, 15) is 24.3 Å². The van der Waals surface area contributed by atoms with E-state index in [4.69, 9.17) is 9.47 Å². The lowest BCUT2D eigenvalue weighted by Crippen LogP contribution is -2.44. The van der Waals surface area contributed by atoms with Crippen LogP contribution in [0.2, 0.25) is 0 Å². The highest BCUT2D eigenvalue weighted by Gasteiger charge is 2.36. The summed E-state index contributed by atoms with van der Waals surface area (Å²) < 4.78 is 11.0. The van der Waals surface area contributed by atoms with Crippen LogP contribution in [-0.4, -0.2) is 76.6 Å². The van der Waals surface area contributed by atoms with Crippen molar-refractivity contribution < 1.29 is 33.8 Å². The number of fused-ring (bicyclic) bond motifs is 1. The van der Waals surface area contributed by atoms with Gasteiger partial charge in [-0.25, -0.2) is 0 Å². The van der Waals surface area contributed by atoms with Gasteiger partial charge in [0, 0.05) is 26.1 Å². The summed E-state index contributed by atoms with van der Waals surface area (Å²) in [6.07, 6.45) is 5.61. The van der Waals surface area contributed by atoms with Gasteiger partial charge in [-0.05, 0) is 52.0 Å². The number of carbonyl (C=O) groups excluding carboxylic acids is 4. The molecule has 1 saturated heterocycles. The van der Waals surface area contributed by atoms with Crippen LogP contribution in [0.5, 0.6) is 0 Å². The highest BCUT2D eigenvalue weighted by molar-refractivity contribution is 5.86. The minimum absolute atomic E-state index is 0.0142. The van der Waals surface area contributed by atoms with Crippen LogP contribution in [0, 0.1) is 11.8 Å². The van der Waals surface area contributed by atoms with Crippen molar-refractivity contribution in [1.29, 1.82) is 0 Å². The molecule has 1 aromatic rings. The zero-order chi connectivity index (χ0) is 28.4. The van der Waals surface area contributed by atoms with E-state index in [2.05, 4.69) is 0 Å². The molecule has 1 fully saturated rings. The maximum Gasteiger partial charge on any atom is 0.309 e. The number of ether oxygens (including phenoxy) is 2. The van der Waals surface area contributed by atoms with Crippen molar-refractivity contribution in [3.63, 3.8) is 0 Å². The van der Waals surface area contributed by atoms with Gasteiger partial charge in [-0.1, -0.05) is 42.5 Å². The van der Waals surface area contributed by atoms with E-state index in [-0.39, 0.29) is 56.9 Å². The quantitative estimate of drug-likeness (QED) is 0.396. The molecule has 2 heterocycles. The largest absolute Gasteiger partial charge is 0.463 e. The van der Waals surface area contributed by atoms with Crippen LogP contribution >= 0.6 is 0 Å². The first-order valence-corrected chi connectivity index (χ1v) is 13.8. The maximum atomic E-state index is 13.6. The van der Waals surface area contributed by atoms with E-state index >= 15 is 0 Å². The lowest BCUT2D eigenvalue weighted by Gasteiger charge is -2.30. The number of nitrogens with zero attached hydrogens (tertiary/aromatic N) is 2. The highest BCUT2D eigenvalue weighted by Crippen LogP contribution is 2.26. The van der Waals surface area contributed by atoms with Gasteiger partial charge in [0.25, 0.3) is 0 Å². The smallest absolute Gasteiger partial charge is 0.309 e. The first-order valence-electron chi connectivity index (χ1n) is 13.8. The monoisotopic (exact) mass is 542 g/mol. The molecule has 0 aromatic heterocycles. The van der Waals surface area contributed by atoms with Crippen molar-refractivity contribution >= 4 is 23.8 Å². The molecule has 214 valence electrons. The van der Waals surface area contributed by atoms with Gasteiger partial charge in [-0.2, -0.15) is 0 Å². The number of cyclic esters (lactones) is 1. The zero-order valence-corrected chi connectivity index (χ0v) is 23.3. The van der Waals surface area contributed by atoms with E-state index in [0.29, 0.717) is 25.9 Å². The molecule has 0 spiro atoms. The summed E-state index contributed by atoms with van der Waals surface area (Å²) in [7, 11) is 0. The number of benzene rings is 1. The summed E-state index contributed by atoms with van der Waals surface area (Å²) in [6, 6.07) is 9.28. The fourth-order valence-electron chi connectivity index (χ4n) is 5.03. The normalized spacial score (nSPS) is 23.2. The second-order valence-corrected chi connectivity index (χ2v) is 11.3. The van der Waals surface area contributed by atoms with Crippen LogP contribution in [0.1, 0.15) is 64.9 Å². The van der Waals surface area contributed by atoms with Crippen molar-refractivity contribution in [2.24, 2.45) is 11.8 Å². The van der Waals surface area contributed by atoms with Gasteiger partial charge < -0.3 is 24.4 Å². The lowest BCUT2D eigenvalue weighted by atomic mass is 9.95. The van der Waals surface area contributed by atoms with Gasteiger partial charge in [0.2, 0.25) is 11.8 Å². The average molecular weight is 543 g/mol. The van der Waals surface area contributed by atoms with E-state index < -0.39 is 29.4 Å². The van der Waals surface area contributed by atoms with Crippen molar-refractivity contribution in [2.75, 3.05) is 26.3 Å². The van der Waals surface area contributed by atoms with Crippen molar-refractivity contribution in [3.05, 3.63) is 48.0 Å². The molecule has 2 aliphatic rings. The molecule has 3 atom stereocenters. The fourth-order valence-corrected chi connectivity index (χ4v) is 5.03. The van der Waals surface area contributed by atoms with Crippen LogP contribution < -0.4 is 0 Å². The molecule has 9 heteroatoms. The Balaban J connectivity index is 1.76. The van der Waals surface area contributed by atoms with Crippen LogP contribution in [0.25, 0.3) is 0 Å². The summed E-state index contributed by atoms with van der Waals surface area (Å²) in [5.41, 5.74) is 0.290. The Morgan fingerprint density at radius 2 is 1.77 bits per heavy atom. The molecule has 0 saturated carbocycles. The molecule has 1 N–H and O–H groups in total. The van der Waals surface area contributed by atoms with Crippen molar-refractivity contribution in [3.8, 4) is 0 Å². The Kier molecular flexibility index (Phi) is 11.1. The minimum atomic E-state index is -0.688. The van der Waals surface area contributed by atoms with Crippen LogP contribution in [-0.2, 0) is 35.2 Å². The van der Waals surface area contributed by atoms with Gasteiger partial charge >= 0.3 is 11.9 Å². The number of esters is 2. The molecule has 0 radical (unpaired) electrons. The molecular weight excluding hydrogens is 500 g/mol.